The van der Waals surface area contributed by atoms with Crippen molar-refractivity contribution in [2.24, 2.45) is 0 Å². The average Bonchev–Trinajstić information content (AvgIpc) is 3.10. The molecule has 1 fully saturated rings. The standard InChI is InChI=1S/C17H22FN3O2S/c18-12-3-4-15-13(11-12)14(6-10-24-15)20-17(23)19-7-5-16(22)21-8-1-2-9-21/h3-4,11,14H,1-2,5-10H2,(H2,19,20,23). The van der Waals surface area contributed by atoms with Crippen LogP contribution in [0, 0.1) is 5.82 Å². The van der Waals surface area contributed by atoms with Crippen molar-refractivity contribution in [3.63, 3.8) is 0 Å². The summed E-state index contributed by atoms with van der Waals surface area (Å²) in [5, 5.41) is 5.62. The molecular weight excluding hydrogens is 329 g/mol. The maximum absolute atomic E-state index is 13.5. The second-order valence-electron chi connectivity index (χ2n) is 6.11. The topological polar surface area (TPSA) is 61.4 Å². The molecule has 5 nitrogen and oxygen atoms in total. The first kappa shape index (κ1) is 17.1. The number of nitrogens with zero attached hydrogens (tertiary/aromatic N) is 1. The van der Waals surface area contributed by atoms with Gasteiger partial charge in [0.1, 0.15) is 5.82 Å². The fourth-order valence-electron chi connectivity index (χ4n) is 3.13. The number of carbonyl (C=O) groups excluding carboxylic acids is 2. The molecular formula is C17H22FN3O2S. The number of likely N-dealkylation sites (tertiary alicyclic amines) is 1. The fraction of sp³-hybridized carbons (Fsp3) is 0.529. The van der Waals surface area contributed by atoms with E-state index in [9.17, 15) is 14.0 Å². The molecule has 7 heteroatoms. The Labute approximate surface area is 145 Å². The Balaban J connectivity index is 1.47. The molecule has 2 N–H and O–H groups in total. The summed E-state index contributed by atoms with van der Waals surface area (Å²) in [6.45, 7) is 1.97. The number of hydrogen-bond acceptors (Lipinski definition) is 3. The SMILES string of the molecule is O=C(NCCC(=O)N1CCCC1)NC1CCSc2ccc(F)cc21. The Bertz CT molecular complexity index is 620. The van der Waals surface area contributed by atoms with Gasteiger partial charge in [-0.05, 0) is 43.0 Å². The van der Waals surface area contributed by atoms with E-state index < -0.39 is 0 Å². The van der Waals surface area contributed by atoms with Crippen molar-refractivity contribution in [2.75, 3.05) is 25.4 Å². The van der Waals surface area contributed by atoms with Crippen LogP contribution in [0.3, 0.4) is 0 Å². The number of amides is 3. The lowest BCUT2D eigenvalue weighted by Crippen LogP contribution is -2.40. The lowest BCUT2D eigenvalue weighted by Gasteiger charge is -2.26. The van der Waals surface area contributed by atoms with E-state index in [0.29, 0.717) is 13.0 Å². The molecule has 0 spiro atoms. The normalized spacial score (nSPS) is 19.7. The van der Waals surface area contributed by atoms with E-state index in [1.165, 1.54) is 12.1 Å². The first-order valence-corrected chi connectivity index (χ1v) is 9.36. The summed E-state index contributed by atoms with van der Waals surface area (Å²) < 4.78 is 13.5. The summed E-state index contributed by atoms with van der Waals surface area (Å²) in [5.74, 6) is 0.686. The maximum atomic E-state index is 13.5. The van der Waals surface area contributed by atoms with Gasteiger partial charge < -0.3 is 15.5 Å². The number of nitrogens with one attached hydrogen (secondary N) is 2. The van der Waals surface area contributed by atoms with Crippen LogP contribution in [0.1, 0.15) is 37.3 Å². The molecule has 1 saturated heterocycles. The molecule has 1 aromatic carbocycles. The van der Waals surface area contributed by atoms with Crippen molar-refractivity contribution in [1.29, 1.82) is 0 Å². The van der Waals surface area contributed by atoms with E-state index in [-0.39, 0.29) is 23.8 Å². The number of thioether (sulfide) groups is 1. The molecule has 2 aliphatic rings. The van der Waals surface area contributed by atoms with Gasteiger partial charge >= 0.3 is 6.03 Å². The Morgan fingerprint density at radius 3 is 2.88 bits per heavy atom. The highest BCUT2D eigenvalue weighted by Gasteiger charge is 2.23. The molecule has 3 rings (SSSR count). The van der Waals surface area contributed by atoms with E-state index >= 15 is 0 Å². The first-order chi connectivity index (χ1) is 11.6. The average molecular weight is 351 g/mol. The van der Waals surface area contributed by atoms with Crippen LogP contribution in [-0.2, 0) is 4.79 Å². The number of carbonyl (C=O) groups is 2. The molecule has 1 aromatic rings. The van der Waals surface area contributed by atoms with Gasteiger partial charge in [0.15, 0.2) is 0 Å². The van der Waals surface area contributed by atoms with E-state index in [0.717, 1.165) is 48.6 Å². The third kappa shape index (κ3) is 4.20. The number of fused-ring (bicyclic) bond motifs is 1. The van der Waals surface area contributed by atoms with Crippen LogP contribution >= 0.6 is 11.8 Å². The van der Waals surface area contributed by atoms with Crippen LogP contribution < -0.4 is 10.6 Å². The molecule has 3 amide bonds. The summed E-state index contributed by atoms with van der Waals surface area (Å²) >= 11 is 1.68. The van der Waals surface area contributed by atoms with Gasteiger partial charge in [0.25, 0.3) is 0 Å². The molecule has 0 aromatic heterocycles. The van der Waals surface area contributed by atoms with Gasteiger partial charge in [-0.15, -0.1) is 11.8 Å². The number of benzene rings is 1. The van der Waals surface area contributed by atoms with Gasteiger partial charge in [-0.3, -0.25) is 4.79 Å². The zero-order valence-electron chi connectivity index (χ0n) is 13.5. The van der Waals surface area contributed by atoms with Crippen molar-refractivity contribution in [3.8, 4) is 0 Å². The van der Waals surface area contributed by atoms with E-state index in [4.69, 9.17) is 0 Å². The monoisotopic (exact) mass is 351 g/mol. The van der Waals surface area contributed by atoms with Gasteiger partial charge in [-0.1, -0.05) is 0 Å². The van der Waals surface area contributed by atoms with Crippen LogP contribution in [0.25, 0.3) is 0 Å². The minimum Gasteiger partial charge on any atom is -0.343 e. The summed E-state index contributed by atoms with van der Waals surface area (Å²) in [4.78, 5) is 26.8. The van der Waals surface area contributed by atoms with Crippen molar-refractivity contribution in [2.45, 2.75) is 36.6 Å². The van der Waals surface area contributed by atoms with Crippen molar-refractivity contribution in [3.05, 3.63) is 29.6 Å². The van der Waals surface area contributed by atoms with Gasteiger partial charge in [0.05, 0.1) is 6.04 Å². The highest BCUT2D eigenvalue weighted by Crippen LogP contribution is 2.36. The Morgan fingerprint density at radius 2 is 2.08 bits per heavy atom. The minimum atomic E-state index is -0.309. The summed E-state index contributed by atoms with van der Waals surface area (Å²) in [5.41, 5.74) is 0.828. The highest BCUT2D eigenvalue weighted by molar-refractivity contribution is 7.99. The molecule has 24 heavy (non-hydrogen) atoms. The fourth-order valence-corrected chi connectivity index (χ4v) is 4.24. The lowest BCUT2D eigenvalue weighted by molar-refractivity contribution is -0.129. The largest absolute Gasteiger partial charge is 0.343 e. The van der Waals surface area contributed by atoms with Crippen LogP contribution in [0.5, 0.6) is 0 Å². The molecule has 1 atom stereocenters. The third-order valence-electron chi connectivity index (χ3n) is 4.40. The summed E-state index contributed by atoms with van der Waals surface area (Å²) in [6, 6.07) is 4.19. The third-order valence-corrected chi connectivity index (χ3v) is 5.52. The smallest absolute Gasteiger partial charge is 0.315 e. The number of urea groups is 1. The molecule has 0 aliphatic carbocycles. The number of halogens is 1. The van der Waals surface area contributed by atoms with E-state index in [1.807, 2.05) is 4.90 Å². The van der Waals surface area contributed by atoms with E-state index in [2.05, 4.69) is 10.6 Å². The van der Waals surface area contributed by atoms with E-state index in [1.54, 1.807) is 17.8 Å². The van der Waals surface area contributed by atoms with Crippen molar-refractivity contribution in [1.82, 2.24) is 15.5 Å². The molecule has 0 saturated carbocycles. The van der Waals surface area contributed by atoms with Crippen LogP contribution in [-0.4, -0.2) is 42.2 Å². The summed E-state index contributed by atoms with van der Waals surface area (Å²) in [7, 11) is 0. The maximum Gasteiger partial charge on any atom is 0.315 e. The number of hydrogen-bond donors (Lipinski definition) is 2. The molecule has 0 radical (unpaired) electrons. The second kappa shape index (κ2) is 7.88. The molecule has 2 heterocycles. The van der Waals surface area contributed by atoms with Crippen molar-refractivity contribution >= 4 is 23.7 Å². The Kier molecular flexibility index (Phi) is 5.60. The quantitative estimate of drug-likeness (QED) is 0.877. The predicted molar refractivity (Wildman–Crippen MR) is 91.4 cm³/mol. The van der Waals surface area contributed by atoms with Gasteiger partial charge in [-0.25, -0.2) is 9.18 Å². The molecule has 1 unspecified atom stereocenters. The second-order valence-corrected chi connectivity index (χ2v) is 7.25. The minimum absolute atomic E-state index is 0.0919. The Morgan fingerprint density at radius 1 is 1.29 bits per heavy atom. The molecule has 0 bridgehead atoms. The van der Waals surface area contributed by atoms with Crippen LogP contribution in [0.4, 0.5) is 9.18 Å². The van der Waals surface area contributed by atoms with Gasteiger partial charge in [0.2, 0.25) is 5.91 Å². The summed E-state index contributed by atoms with van der Waals surface area (Å²) in [6.07, 6.45) is 3.21. The first-order valence-electron chi connectivity index (χ1n) is 8.38. The zero-order chi connectivity index (χ0) is 16.9. The highest BCUT2D eigenvalue weighted by atomic mass is 32.2. The predicted octanol–water partition coefficient (Wildman–Crippen LogP) is 2.67. The lowest BCUT2D eigenvalue weighted by atomic mass is 10.0. The van der Waals surface area contributed by atoms with Gasteiger partial charge in [-0.2, -0.15) is 0 Å². The zero-order valence-corrected chi connectivity index (χ0v) is 14.3. The van der Waals surface area contributed by atoms with Crippen molar-refractivity contribution < 1.29 is 14.0 Å². The molecule has 130 valence electrons. The van der Waals surface area contributed by atoms with Crippen LogP contribution in [0.2, 0.25) is 0 Å². The number of rotatable bonds is 4. The Hall–Kier alpha value is -1.76. The van der Waals surface area contributed by atoms with Crippen LogP contribution in [0.15, 0.2) is 23.1 Å². The van der Waals surface area contributed by atoms with Gasteiger partial charge in [0, 0.05) is 36.7 Å². The molecule has 2 aliphatic heterocycles.